The molecule has 10 heteroatoms. The van der Waals surface area contributed by atoms with Gasteiger partial charge >= 0.3 is 0 Å². The number of carbonyl (C=O) groups is 1. The molecule has 0 aliphatic heterocycles. The number of amides is 1. The van der Waals surface area contributed by atoms with Gasteiger partial charge in [-0.1, -0.05) is 0 Å². The third-order valence-electron chi connectivity index (χ3n) is 3.49. The Balaban J connectivity index is 1.68. The Labute approximate surface area is 156 Å². The van der Waals surface area contributed by atoms with Gasteiger partial charge in [0.1, 0.15) is 18.4 Å². The van der Waals surface area contributed by atoms with Crippen LogP contribution >= 0.6 is 0 Å². The maximum absolute atomic E-state index is 12.5. The molecule has 1 heterocycles. The van der Waals surface area contributed by atoms with E-state index in [0.29, 0.717) is 23.6 Å². The molecule has 3 aromatic rings. The summed E-state index contributed by atoms with van der Waals surface area (Å²) in [5.74, 6) is 0.218. The minimum atomic E-state index is -3.75. The van der Waals surface area contributed by atoms with E-state index in [1.165, 1.54) is 53.7 Å². The van der Waals surface area contributed by atoms with Gasteiger partial charge in [0.15, 0.2) is 0 Å². The highest BCUT2D eigenvalue weighted by Gasteiger charge is 2.15. The summed E-state index contributed by atoms with van der Waals surface area (Å²) >= 11 is 0. The number of sulfonamides is 1. The fourth-order valence-electron chi connectivity index (χ4n) is 2.23. The van der Waals surface area contributed by atoms with Crippen LogP contribution in [0, 0.1) is 0 Å². The van der Waals surface area contributed by atoms with Crippen LogP contribution in [0.5, 0.6) is 5.75 Å². The molecule has 0 fully saturated rings. The first-order valence-corrected chi connectivity index (χ1v) is 9.48. The average Bonchev–Trinajstić information content (AvgIpc) is 3.16. The minimum Gasteiger partial charge on any atom is -0.494 e. The highest BCUT2D eigenvalue weighted by Crippen LogP contribution is 2.19. The largest absolute Gasteiger partial charge is 0.494 e. The number of anilines is 1. The Hall–Kier alpha value is -3.40. The van der Waals surface area contributed by atoms with Crippen molar-refractivity contribution < 1.29 is 17.9 Å². The van der Waals surface area contributed by atoms with Crippen molar-refractivity contribution in [1.29, 1.82) is 0 Å². The van der Waals surface area contributed by atoms with Crippen molar-refractivity contribution in [1.82, 2.24) is 14.9 Å². The topological polar surface area (TPSA) is 115 Å². The van der Waals surface area contributed by atoms with E-state index in [2.05, 4.69) is 20.3 Å². The zero-order chi connectivity index (χ0) is 19.3. The zero-order valence-corrected chi connectivity index (χ0v) is 15.2. The zero-order valence-electron chi connectivity index (χ0n) is 14.4. The first-order chi connectivity index (χ1) is 13.0. The Morgan fingerprint density at radius 2 is 1.67 bits per heavy atom. The van der Waals surface area contributed by atoms with Crippen molar-refractivity contribution in [2.75, 3.05) is 16.8 Å². The summed E-state index contributed by atoms with van der Waals surface area (Å²) in [4.78, 5) is 12.2. The highest BCUT2D eigenvalue weighted by atomic mass is 32.2. The normalized spacial score (nSPS) is 11.0. The molecule has 0 spiro atoms. The van der Waals surface area contributed by atoms with Crippen LogP contribution in [-0.2, 0) is 10.0 Å². The van der Waals surface area contributed by atoms with Gasteiger partial charge in [-0.15, -0.1) is 10.2 Å². The molecule has 1 aromatic heterocycles. The van der Waals surface area contributed by atoms with Gasteiger partial charge in [-0.3, -0.25) is 14.9 Å². The third kappa shape index (κ3) is 4.61. The summed E-state index contributed by atoms with van der Waals surface area (Å²) in [6.07, 6.45) is 2.69. The molecule has 0 aliphatic rings. The monoisotopic (exact) mass is 387 g/mol. The van der Waals surface area contributed by atoms with Crippen LogP contribution in [0.3, 0.4) is 0 Å². The van der Waals surface area contributed by atoms with Crippen LogP contribution in [0.2, 0.25) is 0 Å². The molecule has 2 N–H and O–H groups in total. The van der Waals surface area contributed by atoms with E-state index < -0.39 is 10.0 Å². The SMILES string of the molecule is CCOc1ccc(S(=O)(=O)Nc2ccc(C(=O)Nn3cnnc3)cc2)cc1. The van der Waals surface area contributed by atoms with Crippen molar-refractivity contribution >= 4 is 21.6 Å². The molecule has 2 aromatic carbocycles. The van der Waals surface area contributed by atoms with E-state index >= 15 is 0 Å². The first-order valence-electron chi connectivity index (χ1n) is 7.99. The summed E-state index contributed by atoms with van der Waals surface area (Å²) in [5, 5.41) is 7.16. The minimum absolute atomic E-state index is 0.111. The summed E-state index contributed by atoms with van der Waals surface area (Å²) < 4.78 is 34.0. The lowest BCUT2D eigenvalue weighted by Crippen LogP contribution is -2.21. The Bertz CT molecular complexity index is 1000. The van der Waals surface area contributed by atoms with Crippen LogP contribution in [0.1, 0.15) is 17.3 Å². The molecule has 27 heavy (non-hydrogen) atoms. The van der Waals surface area contributed by atoms with Crippen molar-refractivity contribution in [3.63, 3.8) is 0 Å². The van der Waals surface area contributed by atoms with Crippen molar-refractivity contribution in [3.05, 3.63) is 66.7 Å². The number of hydrogen-bond acceptors (Lipinski definition) is 6. The number of ether oxygens (including phenoxy) is 1. The third-order valence-corrected chi connectivity index (χ3v) is 4.89. The molecule has 0 aliphatic carbocycles. The van der Waals surface area contributed by atoms with E-state index in [1.807, 2.05) is 6.92 Å². The lowest BCUT2D eigenvalue weighted by molar-refractivity contribution is 0.101. The second kappa shape index (κ2) is 7.87. The van der Waals surface area contributed by atoms with Crippen molar-refractivity contribution in [3.8, 4) is 5.75 Å². The molecule has 1 amide bonds. The van der Waals surface area contributed by atoms with Crippen LogP contribution < -0.4 is 14.9 Å². The maximum Gasteiger partial charge on any atom is 0.270 e. The fraction of sp³-hybridized carbons (Fsp3) is 0.118. The molecule has 0 saturated heterocycles. The maximum atomic E-state index is 12.5. The van der Waals surface area contributed by atoms with Crippen LogP contribution in [-0.4, -0.2) is 35.8 Å². The van der Waals surface area contributed by atoms with Crippen LogP contribution in [0.4, 0.5) is 5.69 Å². The standard InChI is InChI=1S/C17H17N5O4S/c1-2-26-15-7-9-16(10-8-15)27(24,25)21-14-5-3-13(4-6-14)17(23)20-22-11-18-19-12-22/h3-12,21H,2H2,1H3,(H,20,23). The predicted molar refractivity (Wildman–Crippen MR) is 98.6 cm³/mol. The number of hydrogen-bond donors (Lipinski definition) is 2. The second-order valence-electron chi connectivity index (χ2n) is 5.40. The van der Waals surface area contributed by atoms with E-state index in [1.54, 1.807) is 12.1 Å². The quantitative estimate of drug-likeness (QED) is 0.639. The lowest BCUT2D eigenvalue weighted by Gasteiger charge is -2.10. The summed E-state index contributed by atoms with van der Waals surface area (Å²) in [7, 11) is -3.75. The van der Waals surface area contributed by atoms with Gasteiger partial charge in [-0.2, -0.15) is 0 Å². The molecule has 0 saturated carbocycles. The lowest BCUT2D eigenvalue weighted by atomic mass is 10.2. The summed E-state index contributed by atoms with van der Waals surface area (Å²) in [5.41, 5.74) is 3.24. The molecule has 140 valence electrons. The molecule has 9 nitrogen and oxygen atoms in total. The van der Waals surface area contributed by atoms with Gasteiger partial charge in [0.2, 0.25) is 0 Å². The smallest absolute Gasteiger partial charge is 0.270 e. The van der Waals surface area contributed by atoms with Gasteiger partial charge in [-0.05, 0) is 55.5 Å². The van der Waals surface area contributed by atoms with Gasteiger partial charge in [0, 0.05) is 11.3 Å². The van der Waals surface area contributed by atoms with E-state index in [9.17, 15) is 13.2 Å². The number of rotatable bonds is 7. The molecule has 0 bridgehead atoms. The Kier molecular flexibility index (Phi) is 5.36. The van der Waals surface area contributed by atoms with Gasteiger partial charge < -0.3 is 4.74 Å². The molecular formula is C17H17N5O4S. The van der Waals surface area contributed by atoms with Gasteiger partial charge in [-0.25, -0.2) is 13.1 Å². The van der Waals surface area contributed by atoms with Gasteiger partial charge in [0.25, 0.3) is 15.9 Å². The Morgan fingerprint density at radius 3 is 2.26 bits per heavy atom. The molecule has 0 unspecified atom stereocenters. The molecule has 0 atom stereocenters. The van der Waals surface area contributed by atoms with E-state index in [0.717, 1.165) is 0 Å². The highest BCUT2D eigenvalue weighted by molar-refractivity contribution is 7.92. The number of carbonyl (C=O) groups excluding carboxylic acids is 1. The van der Waals surface area contributed by atoms with Crippen LogP contribution in [0.15, 0.2) is 66.1 Å². The average molecular weight is 387 g/mol. The van der Waals surface area contributed by atoms with E-state index in [-0.39, 0.29) is 10.8 Å². The van der Waals surface area contributed by atoms with Crippen LogP contribution in [0.25, 0.3) is 0 Å². The summed E-state index contributed by atoms with van der Waals surface area (Å²) in [6.45, 7) is 2.35. The van der Waals surface area contributed by atoms with Gasteiger partial charge in [0.05, 0.1) is 11.5 Å². The number of nitrogens with zero attached hydrogens (tertiary/aromatic N) is 3. The van der Waals surface area contributed by atoms with E-state index in [4.69, 9.17) is 4.74 Å². The number of benzene rings is 2. The second-order valence-corrected chi connectivity index (χ2v) is 7.08. The summed E-state index contributed by atoms with van der Waals surface area (Å²) in [6, 6.07) is 12.2. The molecule has 0 radical (unpaired) electrons. The Morgan fingerprint density at radius 1 is 1.04 bits per heavy atom. The molecular weight excluding hydrogens is 370 g/mol. The molecule has 3 rings (SSSR count). The van der Waals surface area contributed by atoms with Crippen molar-refractivity contribution in [2.24, 2.45) is 0 Å². The van der Waals surface area contributed by atoms with Crippen molar-refractivity contribution in [2.45, 2.75) is 11.8 Å². The number of nitrogens with one attached hydrogen (secondary N) is 2. The first kappa shape index (κ1) is 18.4. The fourth-order valence-corrected chi connectivity index (χ4v) is 3.28. The number of aromatic nitrogens is 3. The predicted octanol–water partition coefficient (Wildman–Crippen LogP) is 1.86.